The van der Waals surface area contributed by atoms with Gasteiger partial charge in [0.15, 0.2) is 11.5 Å². The van der Waals surface area contributed by atoms with Crippen molar-refractivity contribution >= 4 is 40.7 Å². The predicted octanol–water partition coefficient (Wildman–Crippen LogP) is 2.76. The largest absolute Gasteiger partial charge is 0.493 e. The standard InChI is InChI=1S/C29H39IN2O8/c1-38-25-14-18(17-34)13-21(30)27(25)40-24-16-19(28(36)31-10-11-33)15-22(26(24)35)32(20-7-4-2-3-5-8-20)29(37)23-9-6-12-39-23/h13-14,16-17,20,22-24,26,33,35H,2-12,15H2,1H3,(H,31,36). The number of amides is 2. The summed E-state index contributed by atoms with van der Waals surface area (Å²) in [6.07, 6.45) is 6.99. The van der Waals surface area contributed by atoms with E-state index in [1.807, 2.05) is 22.6 Å². The van der Waals surface area contributed by atoms with Crippen molar-refractivity contribution in [3.8, 4) is 11.5 Å². The van der Waals surface area contributed by atoms with E-state index in [-0.39, 0.29) is 37.4 Å². The van der Waals surface area contributed by atoms with Crippen molar-refractivity contribution in [1.82, 2.24) is 10.2 Å². The molecule has 1 aromatic carbocycles. The highest BCUT2D eigenvalue weighted by Crippen LogP contribution is 2.38. The van der Waals surface area contributed by atoms with Crippen LogP contribution in [0.1, 0.15) is 68.1 Å². The number of hydrogen-bond donors (Lipinski definition) is 3. The summed E-state index contributed by atoms with van der Waals surface area (Å²) in [6.45, 7) is 0.391. The van der Waals surface area contributed by atoms with Gasteiger partial charge in [-0.1, -0.05) is 25.7 Å². The molecule has 0 radical (unpaired) electrons. The van der Waals surface area contributed by atoms with Crippen LogP contribution in [0.4, 0.5) is 0 Å². The number of carbonyl (C=O) groups is 3. The number of hydrogen-bond acceptors (Lipinski definition) is 8. The molecular formula is C29H39IN2O8. The summed E-state index contributed by atoms with van der Waals surface area (Å²) in [5.41, 5.74) is 0.781. The van der Waals surface area contributed by atoms with E-state index in [4.69, 9.17) is 14.2 Å². The Morgan fingerprint density at radius 2 is 1.93 bits per heavy atom. The lowest BCUT2D eigenvalue weighted by Gasteiger charge is -2.45. The number of benzene rings is 1. The van der Waals surface area contributed by atoms with E-state index in [1.54, 1.807) is 23.1 Å². The molecule has 2 amide bonds. The zero-order valence-electron chi connectivity index (χ0n) is 22.9. The van der Waals surface area contributed by atoms with Crippen molar-refractivity contribution in [2.75, 3.05) is 26.9 Å². The van der Waals surface area contributed by atoms with Crippen LogP contribution in [0, 0.1) is 3.57 Å². The molecule has 11 heteroatoms. The van der Waals surface area contributed by atoms with E-state index in [0.29, 0.717) is 45.5 Å². The lowest BCUT2D eigenvalue weighted by molar-refractivity contribution is -0.152. The zero-order valence-corrected chi connectivity index (χ0v) is 25.0. The maximum absolute atomic E-state index is 14.0. The molecule has 40 heavy (non-hydrogen) atoms. The monoisotopic (exact) mass is 670 g/mol. The number of halogens is 1. The third kappa shape index (κ3) is 7.15. The molecule has 0 aromatic heterocycles. The Morgan fingerprint density at radius 3 is 2.55 bits per heavy atom. The molecule has 1 aromatic rings. The minimum atomic E-state index is -1.14. The molecule has 4 unspecified atom stereocenters. The van der Waals surface area contributed by atoms with Gasteiger partial charge in [0.1, 0.15) is 24.6 Å². The fourth-order valence-corrected chi connectivity index (χ4v) is 6.65. The van der Waals surface area contributed by atoms with Gasteiger partial charge in [-0.05, 0) is 66.5 Å². The third-order valence-corrected chi connectivity index (χ3v) is 8.69. The predicted molar refractivity (Wildman–Crippen MR) is 155 cm³/mol. The van der Waals surface area contributed by atoms with E-state index >= 15 is 0 Å². The Balaban J connectivity index is 1.72. The lowest BCUT2D eigenvalue weighted by atomic mass is 9.86. The van der Waals surface area contributed by atoms with Crippen LogP contribution in [-0.4, -0.2) is 90.5 Å². The summed E-state index contributed by atoms with van der Waals surface area (Å²) < 4.78 is 18.2. The Bertz CT molecular complexity index is 1080. The van der Waals surface area contributed by atoms with Gasteiger partial charge in [-0.15, -0.1) is 0 Å². The number of nitrogens with zero attached hydrogens (tertiary/aromatic N) is 1. The SMILES string of the molecule is COc1cc(C=O)cc(I)c1OC1C=C(C(=O)NCCO)CC(N(C(=O)C2CCCO2)C2CCCCCC2)C1O. The van der Waals surface area contributed by atoms with Gasteiger partial charge >= 0.3 is 0 Å². The van der Waals surface area contributed by atoms with Gasteiger partial charge in [0.05, 0.1) is 23.3 Å². The first-order valence-electron chi connectivity index (χ1n) is 14.1. The molecule has 2 fully saturated rings. The van der Waals surface area contributed by atoms with Crippen molar-refractivity contribution in [2.45, 2.75) is 88.2 Å². The number of rotatable bonds is 10. The van der Waals surface area contributed by atoms with E-state index in [1.165, 1.54) is 7.11 Å². The van der Waals surface area contributed by atoms with Crippen LogP contribution in [-0.2, 0) is 14.3 Å². The van der Waals surface area contributed by atoms with Gasteiger partial charge in [-0.2, -0.15) is 0 Å². The average molecular weight is 671 g/mol. The number of nitrogens with one attached hydrogen (secondary N) is 1. The number of ether oxygens (including phenoxy) is 3. The molecule has 10 nitrogen and oxygen atoms in total. The second-order valence-corrected chi connectivity index (χ2v) is 11.7. The molecule has 1 saturated heterocycles. The number of methoxy groups -OCH3 is 1. The van der Waals surface area contributed by atoms with Gasteiger partial charge in [0.2, 0.25) is 5.91 Å². The Hall–Kier alpha value is -2.22. The molecular weight excluding hydrogens is 631 g/mol. The summed E-state index contributed by atoms with van der Waals surface area (Å²) in [5, 5.41) is 23.8. The second kappa shape index (κ2) is 14.6. The first-order chi connectivity index (χ1) is 19.4. The highest BCUT2D eigenvalue weighted by atomic mass is 127. The molecule has 4 rings (SSSR count). The summed E-state index contributed by atoms with van der Waals surface area (Å²) in [4.78, 5) is 40.3. The molecule has 1 heterocycles. The molecule has 1 saturated carbocycles. The Kier molecular flexibility index (Phi) is 11.2. The number of aliphatic hydroxyl groups is 2. The fraction of sp³-hybridized carbons (Fsp3) is 0.621. The zero-order chi connectivity index (χ0) is 28.6. The Labute approximate surface area is 248 Å². The molecule has 220 valence electrons. The van der Waals surface area contributed by atoms with Crippen LogP contribution in [0.25, 0.3) is 0 Å². The van der Waals surface area contributed by atoms with Crippen molar-refractivity contribution in [3.05, 3.63) is 32.9 Å². The van der Waals surface area contributed by atoms with E-state index in [9.17, 15) is 24.6 Å². The smallest absolute Gasteiger partial charge is 0.252 e. The molecule has 1 aliphatic heterocycles. The maximum atomic E-state index is 14.0. The molecule has 2 aliphatic carbocycles. The van der Waals surface area contributed by atoms with Crippen molar-refractivity contribution in [3.63, 3.8) is 0 Å². The molecule has 0 spiro atoms. The van der Waals surface area contributed by atoms with E-state index in [2.05, 4.69) is 5.32 Å². The van der Waals surface area contributed by atoms with Crippen LogP contribution in [0.3, 0.4) is 0 Å². The van der Waals surface area contributed by atoms with Crippen molar-refractivity contribution < 1.29 is 38.8 Å². The molecule has 4 atom stereocenters. The number of aliphatic hydroxyl groups excluding tert-OH is 2. The van der Waals surface area contributed by atoms with Crippen LogP contribution in [0.15, 0.2) is 23.8 Å². The second-order valence-electron chi connectivity index (χ2n) is 10.6. The minimum Gasteiger partial charge on any atom is -0.493 e. The topological polar surface area (TPSA) is 135 Å². The van der Waals surface area contributed by atoms with Crippen LogP contribution in [0.5, 0.6) is 11.5 Å². The summed E-state index contributed by atoms with van der Waals surface area (Å²) in [5.74, 6) is 0.116. The first-order valence-corrected chi connectivity index (χ1v) is 15.2. The third-order valence-electron chi connectivity index (χ3n) is 7.89. The maximum Gasteiger partial charge on any atom is 0.252 e. The summed E-state index contributed by atoms with van der Waals surface area (Å²) in [7, 11) is 1.46. The molecule has 3 N–H and O–H groups in total. The normalized spacial score (nSPS) is 25.4. The van der Waals surface area contributed by atoms with Gasteiger partial charge in [-0.25, -0.2) is 0 Å². The highest BCUT2D eigenvalue weighted by molar-refractivity contribution is 14.1. The van der Waals surface area contributed by atoms with Crippen LogP contribution < -0.4 is 14.8 Å². The van der Waals surface area contributed by atoms with Crippen molar-refractivity contribution in [2.24, 2.45) is 0 Å². The van der Waals surface area contributed by atoms with Crippen LogP contribution in [0.2, 0.25) is 0 Å². The van der Waals surface area contributed by atoms with Crippen molar-refractivity contribution in [1.29, 1.82) is 0 Å². The lowest BCUT2D eigenvalue weighted by Crippen LogP contribution is -2.59. The van der Waals surface area contributed by atoms with Gasteiger partial charge in [-0.3, -0.25) is 14.4 Å². The minimum absolute atomic E-state index is 0.0784. The number of carbonyl (C=O) groups excluding carboxylic acids is 3. The average Bonchev–Trinajstić information content (AvgIpc) is 3.38. The van der Waals surface area contributed by atoms with E-state index in [0.717, 1.165) is 44.9 Å². The number of aldehydes is 1. The fourth-order valence-electron chi connectivity index (χ4n) is 5.90. The van der Waals surface area contributed by atoms with E-state index < -0.39 is 24.4 Å². The summed E-state index contributed by atoms with van der Waals surface area (Å²) in [6, 6.07) is 2.40. The van der Waals surface area contributed by atoms with Gasteiger partial charge in [0, 0.05) is 36.8 Å². The Morgan fingerprint density at radius 1 is 1.18 bits per heavy atom. The molecule has 3 aliphatic rings. The first kappa shape index (κ1) is 30.7. The quantitative estimate of drug-likeness (QED) is 0.197. The summed E-state index contributed by atoms with van der Waals surface area (Å²) >= 11 is 2.04. The highest BCUT2D eigenvalue weighted by Gasteiger charge is 2.45. The molecule has 0 bridgehead atoms. The van der Waals surface area contributed by atoms with Gasteiger partial charge < -0.3 is 34.6 Å². The van der Waals surface area contributed by atoms with Gasteiger partial charge in [0.25, 0.3) is 5.91 Å². The van der Waals surface area contributed by atoms with Crippen LogP contribution >= 0.6 is 22.6 Å².